The number of aliphatic hydroxyl groups excluding tert-OH is 1. The molecule has 1 fully saturated rings. The number of aliphatic hydroxyl groups is 1. The van der Waals surface area contributed by atoms with Crippen LogP contribution >= 0.6 is 0 Å². The SMILES string of the molecule is Cc1ccc(C(O)CN(C)CC2CCCCC2)cc1C. The molecule has 0 bridgehead atoms. The Morgan fingerprint density at radius 3 is 2.50 bits per heavy atom. The van der Waals surface area contributed by atoms with Gasteiger partial charge in [-0.25, -0.2) is 0 Å². The molecule has 1 N–H and O–H groups in total. The second kappa shape index (κ2) is 7.24. The molecule has 0 aromatic heterocycles. The molecule has 1 aromatic carbocycles. The maximum absolute atomic E-state index is 10.4. The van der Waals surface area contributed by atoms with E-state index in [2.05, 4.69) is 44.0 Å². The summed E-state index contributed by atoms with van der Waals surface area (Å²) in [5.41, 5.74) is 3.59. The van der Waals surface area contributed by atoms with Crippen LogP contribution in [0.2, 0.25) is 0 Å². The summed E-state index contributed by atoms with van der Waals surface area (Å²) in [5.74, 6) is 0.834. The minimum Gasteiger partial charge on any atom is -0.387 e. The van der Waals surface area contributed by atoms with Crippen LogP contribution in [0.3, 0.4) is 0 Å². The Labute approximate surface area is 123 Å². The first-order chi connectivity index (χ1) is 9.56. The zero-order valence-corrected chi connectivity index (χ0v) is 13.2. The average Bonchev–Trinajstić information content (AvgIpc) is 2.42. The molecule has 0 saturated heterocycles. The van der Waals surface area contributed by atoms with Crippen molar-refractivity contribution in [1.29, 1.82) is 0 Å². The number of benzene rings is 1. The van der Waals surface area contributed by atoms with Crippen LogP contribution in [0.1, 0.15) is 54.9 Å². The normalized spacial score (nSPS) is 18.4. The summed E-state index contributed by atoms with van der Waals surface area (Å²) >= 11 is 0. The van der Waals surface area contributed by atoms with Gasteiger partial charge in [0, 0.05) is 13.1 Å². The Kier molecular flexibility index (Phi) is 5.62. The third-order valence-electron chi connectivity index (χ3n) is 4.69. The Balaban J connectivity index is 1.86. The van der Waals surface area contributed by atoms with Crippen molar-refractivity contribution < 1.29 is 5.11 Å². The van der Waals surface area contributed by atoms with E-state index in [1.165, 1.54) is 43.2 Å². The standard InChI is InChI=1S/C18H29NO/c1-14-9-10-17(11-15(14)2)18(20)13-19(3)12-16-7-5-4-6-8-16/h9-11,16,18,20H,4-8,12-13H2,1-3H3. The van der Waals surface area contributed by atoms with Crippen LogP contribution in [-0.4, -0.2) is 30.1 Å². The largest absolute Gasteiger partial charge is 0.387 e. The lowest BCUT2D eigenvalue weighted by molar-refractivity contribution is 0.113. The molecule has 2 rings (SSSR count). The molecule has 0 aliphatic heterocycles. The third kappa shape index (κ3) is 4.32. The summed E-state index contributed by atoms with van der Waals surface area (Å²) in [6.45, 7) is 6.08. The first kappa shape index (κ1) is 15.5. The van der Waals surface area contributed by atoms with Crippen molar-refractivity contribution in [2.45, 2.75) is 52.1 Å². The second-order valence-corrected chi connectivity index (χ2v) is 6.58. The molecule has 0 amide bonds. The Bertz CT molecular complexity index is 423. The minimum absolute atomic E-state index is 0.372. The van der Waals surface area contributed by atoms with Gasteiger partial charge in [0.05, 0.1) is 6.10 Å². The molecule has 1 unspecified atom stereocenters. The van der Waals surface area contributed by atoms with Gasteiger partial charge >= 0.3 is 0 Å². The van der Waals surface area contributed by atoms with Crippen molar-refractivity contribution in [3.05, 3.63) is 34.9 Å². The number of likely N-dealkylation sites (N-methyl/N-ethyl adjacent to an activating group) is 1. The molecule has 1 aliphatic rings. The van der Waals surface area contributed by atoms with Crippen LogP contribution in [-0.2, 0) is 0 Å². The van der Waals surface area contributed by atoms with E-state index in [1.807, 2.05) is 0 Å². The summed E-state index contributed by atoms with van der Waals surface area (Å²) in [4.78, 5) is 2.30. The van der Waals surface area contributed by atoms with Gasteiger partial charge in [0.25, 0.3) is 0 Å². The van der Waals surface area contributed by atoms with Crippen molar-refractivity contribution in [3.8, 4) is 0 Å². The van der Waals surface area contributed by atoms with Gasteiger partial charge in [-0.3, -0.25) is 0 Å². The van der Waals surface area contributed by atoms with Gasteiger partial charge in [-0.1, -0.05) is 37.5 Å². The average molecular weight is 275 g/mol. The van der Waals surface area contributed by atoms with Crippen LogP contribution in [0.4, 0.5) is 0 Å². The highest BCUT2D eigenvalue weighted by atomic mass is 16.3. The van der Waals surface area contributed by atoms with E-state index in [4.69, 9.17) is 0 Å². The Morgan fingerprint density at radius 2 is 1.85 bits per heavy atom. The van der Waals surface area contributed by atoms with E-state index < -0.39 is 0 Å². The Morgan fingerprint density at radius 1 is 1.15 bits per heavy atom. The van der Waals surface area contributed by atoms with Crippen molar-refractivity contribution in [2.75, 3.05) is 20.1 Å². The van der Waals surface area contributed by atoms with E-state index >= 15 is 0 Å². The maximum Gasteiger partial charge on any atom is 0.0916 e. The molecular weight excluding hydrogens is 246 g/mol. The quantitative estimate of drug-likeness (QED) is 0.882. The van der Waals surface area contributed by atoms with Crippen LogP contribution in [0.15, 0.2) is 18.2 Å². The monoisotopic (exact) mass is 275 g/mol. The van der Waals surface area contributed by atoms with Crippen LogP contribution in [0.25, 0.3) is 0 Å². The van der Waals surface area contributed by atoms with Gasteiger partial charge in [-0.15, -0.1) is 0 Å². The highest BCUT2D eigenvalue weighted by molar-refractivity contribution is 5.31. The fraction of sp³-hybridized carbons (Fsp3) is 0.667. The maximum atomic E-state index is 10.4. The van der Waals surface area contributed by atoms with E-state index in [9.17, 15) is 5.11 Å². The first-order valence-electron chi connectivity index (χ1n) is 8.00. The second-order valence-electron chi connectivity index (χ2n) is 6.58. The summed E-state index contributed by atoms with van der Waals surface area (Å²) in [5, 5.41) is 10.4. The highest BCUT2D eigenvalue weighted by Crippen LogP contribution is 2.25. The van der Waals surface area contributed by atoms with Gasteiger partial charge < -0.3 is 10.0 Å². The molecule has 2 heteroatoms. The molecular formula is C18H29NO. The fourth-order valence-electron chi connectivity index (χ4n) is 3.26. The van der Waals surface area contributed by atoms with E-state index in [0.717, 1.165) is 24.6 Å². The first-order valence-corrected chi connectivity index (χ1v) is 8.00. The van der Waals surface area contributed by atoms with E-state index in [-0.39, 0.29) is 6.10 Å². The number of rotatable bonds is 5. The molecule has 1 saturated carbocycles. The molecule has 0 spiro atoms. The summed E-state index contributed by atoms with van der Waals surface area (Å²) < 4.78 is 0. The molecule has 2 nitrogen and oxygen atoms in total. The van der Waals surface area contributed by atoms with Gasteiger partial charge in [0.2, 0.25) is 0 Å². The zero-order valence-electron chi connectivity index (χ0n) is 13.2. The van der Waals surface area contributed by atoms with Crippen molar-refractivity contribution in [3.63, 3.8) is 0 Å². The summed E-state index contributed by atoms with van der Waals surface area (Å²) in [6, 6.07) is 6.28. The van der Waals surface area contributed by atoms with Gasteiger partial charge in [-0.05, 0) is 56.3 Å². The minimum atomic E-state index is -0.372. The molecule has 1 aliphatic carbocycles. The Hall–Kier alpha value is -0.860. The number of hydrogen-bond acceptors (Lipinski definition) is 2. The fourth-order valence-corrected chi connectivity index (χ4v) is 3.26. The number of aryl methyl sites for hydroxylation is 2. The van der Waals surface area contributed by atoms with Crippen molar-refractivity contribution >= 4 is 0 Å². The highest BCUT2D eigenvalue weighted by Gasteiger charge is 2.17. The molecule has 20 heavy (non-hydrogen) atoms. The number of hydrogen-bond donors (Lipinski definition) is 1. The van der Waals surface area contributed by atoms with Crippen LogP contribution < -0.4 is 0 Å². The van der Waals surface area contributed by atoms with Gasteiger partial charge in [0.1, 0.15) is 0 Å². The third-order valence-corrected chi connectivity index (χ3v) is 4.69. The lowest BCUT2D eigenvalue weighted by atomic mass is 9.89. The van der Waals surface area contributed by atoms with Crippen molar-refractivity contribution in [2.24, 2.45) is 5.92 Å². The van der Waals surface area contributed by atoms with E-state index in [1.54, 1.807) is 0 Å². The molecule has 112 valence electrons. The lowest BCUT2D eigenvalue weighted by Crippen LogP contribution is -2.30. The van der Waals surface area contributed by atoms with Crippen molar-refractivity contribution in [1.82, 2.24) is 4.90 Å². The zero-order chi connectivity index (χ0) is 14.5. The topological polar surface area (TPSA) is 23.5 Å². The van der Waals surface area contributed by atoms with Crippen LogP contribution in [0.5, 0.6) is 0 Å². The smallest absolute Gasteiger partial charge is 0.0916 e. The predicted octanol–water partition coefficient (Wildman–Crippen LogP) is 3.85. The van der Waals surface area contributed by atoms with Gasteiger partial charge in [-0.2, -0.15) is 0 Å². The lowest BCUT2D eigenvalue weighted by Gasteiger charge is -2.28. The number of nitrogens with zero attached hydrogens (tertiary/aromatic N) is 1. The molecule has 0 radical (unpaired) electrons. The van der Waals surface area contributed by atoms with E-state index in [0.29, 0.717) is 0 Å². The summed E-state index contributed by atoms with van der Waals surface area (Å²) in [6.07, 6.45) is 6.54. The molecule has 1 aromatic rings. The van der Waals surface area contributed by atoms with Crippen LogP contribution in [0, 0.1) is 19.8 Å². The molecule has 0 heterocycles. The predicted molar refractivity (Wildman–Crippen MR) is 84.9 cm³/mol. The van der Waals surface area contributed by atoms with Gasteiger partial charge in [0.15, 0.2) is 0 Å². The summed E-state index contributed by atoms with van der Waals surface area (Å²) in [7, 11) is 2.14. The molecule has 1 atom stereocenters.